The van der Waals surface area contributed by atoms with Gasteiger partial charge in [0, 0.05) is 6.04 Å². The zero-order valence-corrected chi connectivity index (χ0v) is 12.6. The summed E-state index contributed by atoms with van der Waals surface area (Å²) in [5.74, 6) is 0.574. The Bertz CT molecular complexity index is 388. The topological polar surface area (TPSA) is 49.4 Å². The van der Waals surface area contributed by atoms with E-state index in [1.165, 1.54) is 11.3 Å². The maximum Gasteiger partial charge on any atom is 0.247 e. The van der Waals surface area contributed by atoms with Gasteiger partial charge in [-0.05, 0) is 44.6 Å². The van der Waals surface area contributed by atoms with E-state index in [9.17, 15) is 9.59 Å². The second kappa shape index (κ2) is 7.02. The number of rotatable bonds is 6. The standard InChI is InChI=1S/C16H26N2O2/c1-3-13(4-2)18-15(19)10-14(16(18)20)17-11-12-8-6-5-7-9-12/h5-6,12-14,17H,3-4,7-11H2,1-2H3. The molecule has 1 fully saturated rings. The molecule has 0 spiro atoms. The summed E-state index contributed by atoms with van der Waals surface area (Å²) in [6.45, 7) is 4.90. The van der Waals surface area contributed by atoms with Crippen LogP contribution in [0, 0.1) is 5.92 Å². The van der Waals surface area contributed by atoms with Crippen molar-refractivity contribution in [1.29, 1.82) is 0 Å². The fourth-order valence-corrected chi connectivity index (χ4v) is 3.20. The Balaban J connectivity index is 1.89. The van der Waals surface area contributed by atoms with Gasteiger partial charge in [-0.3, -0.25) is 14.5 Å². The Morgan fingerprint density at radius 2 is 2.05 bits per heavy atom. The highest BCUT2D eigenvalue weighted by atomic mass is 16.2. The van der Waals surface area contributed by atoms with Crippen LogP contribution >= 0.6 is 0 Å². The van der Waals surface area contributed by atoms with Crippen LogP contribution in [0.15, 0.2) is 12.2 Å². The van der Waals surface area contributed by atoms with Crippen molar-refractivity contribution in [1.82, 2.24) is 10.2 Å². The first-order valence-electron chi connectivity index (χ1n) is 7.91. The van der Waals surface area contributed by atoms with Gasteiger partial charge in [0.15, 0.2) is 0 Å². The van der Waals surface area contributed by atoms with Crippen molar-refractivity contribution in [2.75, 3.05) is 6.54 Å². The molecule has 1 N–H and O–H groups in total. The summed E-state index contributed by atoms with van der Waals surface area (Å²) in [6.07, 6.45) is 9.83. The monoisotopic (exact) mass is 278 g/mol. The highest BCUT2D eigenvalue weighted by Gasteiger charge is 2.41. The minimum Gasteiger partial charge on any atom is -0.305 e. The Kier molecular flexibility index (Phi) is 5.35. The first-order valence-corrected chi connectivity index (χ1v) is 7.91. The number of carbonyl (C=O) groups is 2. The largest absolute Gasteiger partial charge is 0.305 e. The summed E-state index contributed by atoms with van der Waals surface area (Å²) in [7, 11) is 0. The lowest BCUT2D eigenvalue weighted by Crippen LogP contribution is -2.44. The number of allylic oxidation sites excluding steroid dienone is 2. The third-order valence-electron chi connectivity index (χ3n) is 4.52. The third-order valence-corrected chi connectivity index (χ3v) is 4.52. The lowest BCUT2D eigenvalue weighted by atomic mass is 9.94. The minimum absolute atomic E-state index is 0.00950. The molecule has 2 rings (SSSR count). The number of hydrogen-bond donors (Lipinski definition) is 1. The Morgan fingerprint density at radius 1 is 1.30 bits per heavy atom. The number of hydrogen-bond acceptors (Lipinski definition) is 3. The van der Waals surface area contributed by atoms with E-state index in [0.29, 0.717) is 12.3 Å². The number of carbonyl (C=O) groups excluding carboxylic acids is 2. The van der Waals surface area contributed by atoms with E-state index in [-0.39, 0.29) is 23.9 Å². The van der Waals surface area contributed by atoms with Crippen molar-refractivity contribution < 1.29 is 9.59 Å². The van der Waals surface area contributed by atoms with Crippen LogP contribution in [0.25, 0.3) is 0 Å². The highest BCUT2D eigenvalue weighted by Crippen LogP contribution is 2.22. The summed E-state index contributed by atoms with van der Waals surface area (Å²) in [4.78, 5) is 25.9. The number of likely N-dealkylation sites (tertiary alicyclic amines) is 1. The molecule has 0 saturated carbocycles. The van der Waals surface area contributed by atoms with Gasteiger partial charge in [0.2, 0.25) is 11.8 Å². The molecule has 2 unspecified atom stereocenters. The maximum atomic E-state index is 12.4. The average Bonchev–Trinajstić information content (AvgIpc) is 2.75. The zero-order chi connectivity index (χ0) is 14.5. The molecule has 4 nitrogen and oxygen atoms in total. The molecule has 1 aliphatic carbocycles. The van der Waals surface area contributed by atoms with E-state index in [2.05, 4.69) is 17.5 Å². The normalized spacial score (nSPS) is 26.9. The first-order chi connectivity index (χ1) is 9.67. The number of amides is 2. The summed E-state index contributed by atoms with van der Waals surface area (Å²) >= 11 is 0. The summed E-state index contributed by atoms with van der Waals surface area (Å²) in [5.41, 5.74) is 0. The summed E-state index contributed by atoms with van der Waals surface area (Å²) < 4.78 is 0. The smallest absolute Gasteiger partial charge is 0.247 e. The van der Waals surface area contributed by atoms with Gasteiger partial charge in [0.1, 0.15) is 0 Å². The van der Waals surface area contributed by atoms with E-state index in [0.717, 1.165) is 32.2 Å². The molecule has 20 heavy (non-hydrogen) atoms. The van der Waals surface area contributed by atoms with E-state index >= 15 is 0 Å². The van der Waals surface area contributed by atoms with E-state index in [1.54, 1.807) is 0 Å². The van der Waals surface area contributed by atoms with Gasteiger partial charge in [-0.1, -0.05) is 26.0 Å². The van der Waals surface area contributed by atoms with Crippen LogP contribution in [0.3, 0.4) is 0 Å². The van der Waals surface area contributed by atoms with Gasteiger partial charge in [0.25, 0.3) is 0 Å². The van der Waals surface area contributed by atoms with Gasteiger partial charge in [-0.25, -0.2) is 0 Å². The summed E-state index contributed by atoms with van der Waals surface area (Å²) in [6, 6.07) is -0.228. The quantitative estimate of drug-likeness (QED) is 0.599. The van der Waals surface area contributed by atoms with Crippen LogP contribution in [-0.2, 0) is 9.59 Å². The van der Waals surface area contributed by atoms with Gasteiger partial charge < -0.3 is 5.32 Å². The van der Waals surface area contributed by atoms with Crippen molar-refractivity contribution in [3.63, 3.8) is 0 Å². The molecule has 1 saturated heterocycles. The molecular weight excluding hydrogens is 252 g/mol. The van der Waals surface area contributed by atoms with Crippen molar-refractivity contribution in [2.45, 2.75) is 64.5 Å². The lowest BCUT2D eigenvalue weighted by Gasteiger charge is -2.25. The number of nitrogens with zero attached hydrogens (tertiary/aromatic N) is 1. The van der Waals surface area contributed by atoms with Crippen LogP contribution in [0.4, 0.5) is 0 Å². The van der Waals surface area contributed by atoms with Crippen LogP contribution in [-0.4, -0.2) is 35.3 Å². The molecule has 0 radical (unpaired) electrons. The minimum atomic E-state index is -0.297. The van der Waals surface area contributed by atoms with E-state index in [1.807, 2.05) is 13.8 Å². The van der Waals surface area contributed by atoms with Crippen LogP contribution in [0.5, 0.6) is 0 Å². The Labute approximate surface area is 121 Å². The molecule has 0 aromatic carbocycles. The Morgan fingerprint density at radius 3 is 2.65 bits per heavy atom. The van der Waals surface area contributed by atoms with Gasteiger partial charge in [-0.15, -0.1) is 0 Å². The van der Waals surface area contributed by atoms with Gasteiger partial charge in [-0.2, -0.15) is 0 Å². The zero-order valence-electron chi connectivity index (χ0n) is 12.6. The summed E-state index contributed by atoms with van der Waals surface area (Å²) in [5, 5.41) is 3.32. The second-order valence-corrected chi connectivity index (χ2v) is 5.89. The van der Waals surface area contributed by atoms with Crippen molar-refractivity contribution in [3.05, 3.63) is 12.2 Å². The third kappa shape index (κ3) is 3.29. The van der Waals surface area contributed by atoms with Crippen LogP contribution in [0.1, 0.15) is 52.4 Å². The van der Waals surface area contributed by atoms with E-state index in [4.69, 9.17) is 0 Å². The molecule has 2 aliphatic rings. The first kappa shape index (κ1) is 15.2. The SMILES string of the molecule is CCC(CC)N1C(=O)CC(NCC2CC=CCC2)C1=O. The van der Waals surface area contributed by atoms with Crippen LogP contribution in [0.2, 0.25) is 0 Å². The Hall–Kier alpha value is -1.16. The average molecular weight is 278 g/mol. The molecule has 1 heterocycles. The molecular formula is C16H26N2O2. The van der Waals surface area contributed by atoms with E-state index < -0.39 is 0 Å². The fraction of sp³-hybridized carbons (Fsp3) is 0.750. The maximum absolute atomic E-state index is 12.4. The molecule has 4 heteroatoms. The number of imide groups is 1. The predicted octanol–water partition coefficient (Wildman–Crippen LogP) is 2.25. The fourth-order valence-electron chi connectivity index (χ4n) is 3.20. The molecule has 112 valence electrons. The van der Waals surface area contributed by atoms with Crippen molar-refractivity contribution in [3.8, 4) is 0 Å². The van der Waals surface area contributed by atoms with Gasteiger partial charge in [0.05, 0.1) is 12.5 Å². The van der Waals surface area contributed by atoms with Crippen LogP contribution < -0.4 is 5.32 Å². The van der Waals surface area contributed by atoms with Crippen molar-refractivity contribution in [2.24, 2.45) is 5.92 Å². The molecule has 2 atom stereocenters. The molecule has 1 aliphatic heterocycles. The second-order valence-electron chi connectivity index (χ2n) is 5.89. The molecule has 2 amide bonds. The predicted molar refractivity (Wildman–Crippen MR) is 79.1 cm³/mol. The van der Waals surface area contributed by atoms with Gasteiger partial charge >= 0.3 is 0 Å². The molecule has 0 aromatic rings. The molecule has 0 aromatic heterocycles. The lowest BCUT2D eigenvalue weighted by molar-refractivity contribution is -0.141. The molecule has 0 bridgehead atoms. The van der Waals surface area contributed by atoms with Crippen molar-refractivity contribution >= 4 is 11.8 Å². The number of nitrogens with one attached hydrogen (secondary N) is 1. The highest BCUT2D eigenvalue weighted by molar-refractivity contribution is 6.05.